The highest BCUT2D eigenvalue weighted by Crippen LogP contribution is 2.01. The summed E-state index contributed by atoms with van der Waals surface area (Å²) in [7, 11) is 0. The Balaban J connectivity index is 3.19. The fourth-order valence-corrected chi connectivity index (χ4v) is 1.13. The average molecular weight is 227 g/mol. The molecule has 1 amide bonds. The van der Waals surface area contributed by atoms with Crippen LogP contribution in [0.5, 0.6) is 0 Å². The van der Waals surface area contributed by atoms with Gasteiger partial charge in [-0.2, -0.15) is 0 Å². The maximum absolute atomic E-state index is 11.0. The van der Waals surface area contributed by atoms with E-state index in [0.717, 1.165) is 32.2 Å². The number of carbonyl (C=O) groups excluding carboxylic acids is 2. The second kappa shape index (κ2) is 8.95. The molecule has 0 rings (SSSR count). The van der Waals surface area contributed by atoms with Crippen molar-refractivity contribution in [3.63, 3.8) is 0 Å². The summed E-state index contributed by atoms with van der Waals surface area (Å²) < 4.78 is 4.94. The molecule has 0 fully saturated rings. The van der Waals surface area contributed by atoms with Crippen LogP contribution in [0.3, 0.4) is 0 Å². The first-order chi connectivity index (χ1) is 7.54. The Labute approximate surface area is 97.1 Å². The second-order valence-corrected chi connectivity index (χ2v) is 3.81. The lowest BCUT2D eigenvalue weighted by molar-refractivity contribution is -0.139. The van der Waals surface area contributed by atoms with Crippen molar-refractivity contribution < 1.29 is 14.3 Å². The van der Waals surface area contributed by atoms with Gasteiger partial charge in [0.25, 0.3) is 0 Å². The van der Waals surface area contributed by atoms with Crippen LogP contribution >= 0.6 is 0 Å². The molecule has 0 aliphatic heterocycles. The lowest BCUT2D eigenvalue weighted by Gasteiger charge is -2.04. The molecule has 0 aromatic rings. The molecule has 16 heavy (non-hydrogen) atoms. The van der Waals surface area contributed by atoms with Gasteiger partial charge in [-0.15, -0.1) is 0 Å². The van der Waals surface area contributed by atoms with Gasteiger partial charge in [0.05, 0.1) is 6.61 Å². The first-order valence-electron chi connectivity index (χ1n) is 5.61. The standard InChI is InChI=1S/C12H21NO3/c1-10(2)12(15)16-9-7-5-4-6-8-13-11(3)14/h1,4-9H2,2-3H3,(H,13,14). The zero-order valence-electron chi connectivity index (χ0n) is 10.2. The highest BCUT2D eigenvalue weighted by atomic mass is 16.5. The normalized spacial score (nSPS) is 9.62. The Bertz CT molecular complexity index is 249. The maximum atomic E-state index is 11.0. The van der Waals surface area contributed by atoms with Crippen LogP contribution in [-0.4, -0.2) is 25.0 Å². The third-order valence-corrected chi connectivity index (χ3v) is 2.03. The molecule has 1 N–H and O–H groups in total. The zero-order valence-corrected chi connectivity index (χ0v) is 10.2. The largest absolute Gasteiger partial charge is 0.462 e. The third kappa shape index (κ3) is 9.24. The molecule has 0 radical (unpaired) electrons. The molecule has 0 saturated heterocycles. The van der Waals surface area contributed by atoms with E-state index in [4.69, 9.17) is 4.74 Å². The highest BCUT2D eigenvalue weighted by molar-refractivity contribution is 5.86. The van der Waals surface area contributed by atoms with E-state index in [-0.39, 0.29) is 11.9 Å². The van der Waals surface area contributed by atoms with Crippen molar-refractivity contribution >= 4 is 11.9 Å². The highest BCUT2D eigenvalue weighted by Gasteiger charge is 2.01. The summed E-state index contributed by atoms with van der Waals surface area (Å²) in [4.78, 5) is 21.5. The van der Waals surface area contributed by atoms with E-state index in [1.54, 1.807) is 6.92 Å². The third-order valence-electron chi connectivity index (χ3n) is 2.03. The number of hydrogen-bond acceptors (Lipinski definition) is 3. The van der Waals surface area contributed by atoms with E-state index in [2.05, 4.69) is 11.9 Å². The fraction of sp³-hybridized carbons (Fsp3) is 0.667. The molecule has 0 atom stereocenters. The van der Waals surface area contributed by atoms with Gasteiger partial charge in [0, 0.05) is 19.0 Å². The van der Waals surface area contributed by atoms with Gasteiger partial charge in [-0.1, -0.05) is 13.0 Å². The molecule has 0 saturated carbocycles. The minimum absolute atomic E-state index is 0.00962. The number of unbranched alkanes of at least 4 members (excludes halogenated alkanes) is 3. The Morgan fingerprint density at radius 2 is 1.75 bits per heavy atom. The van der Waals surface area contributed by atoms with Gasteiger partial charge in [-0.3, -0.25) is 4.79 Å². The van der Waals surface area contributed by atoms with Crippen LogP contribution in [0.15, 0.2) is 12.2 Å². The lowest BCUT2D eigenvalue weighted by atomic mass is 10.2. The minimum atomic E-state index is -0.321. The Morgan fingerprint density at radius 3 is 2.31 bits per heavy atom. The molecular formula is C12H21NO3. The Morgan fingerprint density at radius 1 is 1.12 bits per heavy atom. The average Bonchev–Trinajstić information content (AvgIpc) is 2.21. The fourth-order valence-electron chi connectivity index (χ4n) is 1.13. The summed E-state index contributed by atoms with van der Waals surface area (Å²) in [5.41, 5.74) is 0.436. The van der Waals surface area contributed by atoms with Crippen molar-refractivity contribution in [3.8, 4) is 0 Å². The molecule has 0 aliphatic carbocycles. The van der Waals surface area contributed by atoms with Gasteiger partial charge < -0.3 is 10.1 Å². The summed E-state index contributed by atoms with van der Waals surface area (Å²) in [6.45, 7) is 7.82. The van der Waals surface area contributed by atoms with E-state index in [0.29, 0.717) is 12.2 Å². The summed E-state index contributed by atoms with van der Waals surface area (Å²) >= 11 is 0. The smallest absolute Gasteiger partial charge is 0.333 e. The van der Waals surface area contributed by atoms with Crippen molar-refractivity contribution in [1.82, 2.24) is 5.32 Å². The molecule has 0 unspecified atom stereocenters. The van der Waals surface area contributed by atoms with Crippen LogP contribution in [0.4, 0.5) is 0 Å². The summed E-state index contributed by atoms with van der Waals surface area (Å²) in [5, 5.41) is 2.73. The second-order valence-electron chi connectivity index (χ2n) is 3.81. The summed E-state index contributed by atoms with van der Waals surface area (Å²) in [6.07, 6.45) is 3.86. The molecular weight excluding hydrogens is 206 g/mol. The lowest BCUT2D eigenvalue weighted by Crippen LogP contribution is -2.20. The first-order valence-corrected chi connectivity index (χ1v) is 5.61. The van der Waals surface area contributed by atoms with Crippen molar-refractivity contribution in [1.29, 1.82) is 0 Å². The van der Waals surface area contributed by atoms with Crippen LogP contribution in [0, 0.1) is 0 Å². The van der Waals surface area contributed by atoms with Crippen LogP contribution in [-0.2, 0) is 14.3 Å². The molecule has 0 bridgehead atoms. The van der Waals surface area contributed by atoms with E-state index >= 15 is 0 Å². The van der Waals surface area contributed by atoms with Crippen LogP contribution in [0.2, 0.25) is 0 Å². The molecule has 0 aromatic carbocycles. The van der Waals surface area contributed by atoms with E-state index in [1.807, 2.05) is 0 Å². The SMILES string of the molecule is C=C(C)C(=O)OCCCCCCNC(C)=O. The number of amides is 1. The summed E-state index contributed by atoms with van der Waals surface area (Å²) in [5.74, 6) is -0.311. The predicted octanol–water partition coefficient (Wildman–Crippen LogP) is 1.80. The monoisotopic (exact) mass is 227 g/mol. The van der Waals surface area contributed by atoms with E-state index in [9.17, 15) is 9.59 Å². The van der Waals surface area contributed by atoms with Crippen molar-refractivity contribution in [2.75, 3.05) is 13.2 Å². The van der Waals surface area contributed by atoms with Crippen LogP contribution in [0.25, 0.3) is 0 Å². The minimum Gasteiger partial charge on any atom is -0.462 e. The zero-order chi connectivity index (χ0) is 12.4. The van der Waals surface area contributed by atoms with Gasteiger partial charge >= 0.3 is 5.97 Å². The number of rotatable bonds is 8. The molecule has 0 heterocycles. The Hall–Kier alpha value is -1.32. The number of ether oxygens (including phenoxy) is 1. The number of esters is 1. The molecule has 0 spiro atoms. The van der Waals surface area contributed by atoms with Crippen LogP contribution in [0.1, 0.15) is 39.5 Å². The van der Waals surface area contributed by atoms with E-state index < -0.39 is 0 Å². The number of hydrogen-bond donors (Lipinski definition) is 1. The van der Waals surface area contributed by atoms with Gasteiger partial charge in [-0.25, -0.2) is 4.79 Å². The maximum Gasteiger partial charge on any atom is 0.333 e. The Kier molecular flexibility index (Phi) is 8.21. The molecule has 4 heteroatoms. The van der Waals surface area contributed by atoms with E-state index in [1.165, 1.54) is 6.92 Å². The van der Waals surface area contributed by atoms with Crippen molar-refractivity contribution in [2.24, 2.45) is 0 Å². The molecule has 4 nitrogen and oxygen atoms in total. The van der Waals surface area contributed by atoms with Crippen LogP contribution < -0.4 is 5.32 Å². The predicted molar refractivity (Wildman–Crippen MR) is 62.9 cm³/mol. The summed E-state index contributed by atoms with van der Waals surface area (Å²) in [6, 6.07) is 0. The van der Waals surface area contributed by atoms with Gasteiger partial charge in [0.15, 0.2) is 0 Å². The quantitative estimate of drug-likeness (QED) is 0.391. The molecule has 92 valence electrons. The number of nitrogens with one attached hydrogen (secondary N) is 1. The van der Waals surface area contributed by atoms with Gasteiger partial charge in [0.1, 0.15) is 0 Å². The number of carbonyl (C=O) groups is 2. The molecule has 0 aliphatic rings. The molecule has 0 aromatic heterocycles. The topological polar surface area (TPSA) is 55.4 Å². The van der Waals surface area contributed by atoms with Crippen molar-refractivity contribution in [2.45, 2.75) is 39.5 Å². The first kappa shape index (κ1) is 14.7. The van der Waals surface area contributed by atoms with Gasteiger partial charge in [0.2, 0.25) is 5.91 Å². The van der Waals surface area contributed by atoms with Gasteiger partial charge in [-0.05, 0) is 26.2 Å². The van der Waals surface area contributed by atoms with Crippen molar-refractivity contribution in [3.05, 3.63) is 12.2 Å².